The molecule has 0 bridgehead atoms. The fourth-order valence-electron chi connectivity index (χ4n) is 2.14. The van der Waals surface area contributed by atoms with Crippen molar-refractivity contribution < 1.29 is 8.78 Å². The van der Waals surface area contributed by atoms with Gasteiger partial charge in [0.1, 0.15) is 5.69 Å². The van der Waals surface area contributed by atoms with Crippen molar-refractivity contribution in [1.82, 2.24) is 9.78 Å². The summed E-state index contributed by atoms with van der Waals surface area (Å²) < 4.78 is 27.5. The van der Waals surface area contributed by atoms with Crippen molar-refractivity contribution in [3.8, 4) is 16.9 Å². The summed E-state index contributed by atoms with van der Waals surface area (Å²) in [5.41, 5.74) is 7.95. The van der Waals surface area contributed by atoms with Crippen LogP contribution < -0.4 is 5.73 Å². The minimum atomic E-state index is -2.64. The lowest BCUT2D eigenvalue weighted by atomic mass is 10.1. The lowest BCUT2D eigenvalue weighted by Gasteiger charge is -2.08. The maximum absolute atomic E-state index is 13.0. The van der Waals surface area contributed by atoms with Crippen LogP contribution in [0.5, 0.6) is 0 Å². The molecule has 0 amide bonds. The van der Waals surface area contributed by atoms with Crippen LogP contribution in [0, 0.1) is 0 Å². The van der Waals surface area contributed by atoms with Crippen molar-refractivity contribution in [2.24, 2.45) is 0 Å². The van der Waals surface area contributed by atoms with Gasteiger partial charge in [0.05, 0.1) is 11.4 Å². The quantitative estimate of drug-likeness (QED) is 0.710. The Labute approximate surface area is 130 Å². The van der Waals surface area contributed by atoms with E-state index in [2.05, 4.69) is 5.10 Å². The molecule has 2 N–H and O–H groups in total. The monoisotopic (exact) mass is 319 g/mol. The fourth-order valence-corrected chi connectivity index (χ4v) is 2.27. The van der Waals surface area contributed by atoms with Crippen LogP contribution in [0.1, 0.15) is 12.1 Å². The van der Waals surface area contributed by atoms with Crippen molar-refractivity contribution in [3.05, 3.63) is 65.3 Å². The Kier molecular flexibility index (Phi) is 3.81. The van der Waals surface area contributed by atoms with Gasteiger partial charge in [-0.3, -0.25) is 0 Å². The van der Waals surface area contributed by atoms with Crippen LogP contribution in [0.15, 0.2) is 54.6 Å². The lowest BCUT2D eigenvalue weighted by molar-refractivity contribution is 0.145. The molecule has 0 atom stereocenters. The van der Waals surface area contributed by atoms with Gasteiger partial charge in [0.25, 0.3) is 6.43 Å². The number of halogens is 3. The molecular formula is C16H12ClF2N3. The summed E-state index contributed by atoms with van der Waals surface area (Å²) >= 11 is 5.87. The molecule has 0 saturated heterocycles. The summed E-state index contributed by atoms with van der Waals surface area (Å²) in [5, 5.41) is 4.58. The zero-order valence-corrected chi connectivity index (χ0v) is 12.1. The zero-order chi connectivity index (χ0) is 15.7. The van der Waals surface area contributed by atoms with E-state index in [0.717, 1.165) is 5.56 Å². The molecule has 22 heavy (non-hydrogen) atoms. The highest BCUT2D eigenvalue weighted by Crippen LogP contribution is 2.29. The van der Waals surface area contributed by atoms with Crippen molar-refractivity contribution in [2.45, 2.75) is 6.43 Å². The molecule has 1 heterocycles. The Hall–Kier alpha value is -2.40. The summed E-state index contributed by atoms with van der Waals surface area (Å²) in [6.45, 7) is 0. The number of nitrogens with two attached hydrogens (primary N) is 1. The maximum atomic E-state index is 13.0. The molecule has 6 heteroatoms. The fraction of sp³-hybridized carbons (Fsp3) is 0.0625. The summed E-state index contributed by atoms with van der Waals surface area (Å²) in [6, 6.07) is 15.2. The Morgan fingerprint density at radius 2 is 1.64 bits per heavy atom. The Bertz CT molecular complexity index is 717. The number of hydrogen-bond donors (Lipinski definition) is 1. The summed E-state index contributed by atoms with van der Waals surface area (Å²) in [5.74, 6) is 0. The van der Waals surface area contributed by atoms with Gasteiger partial charge in [-0.05, 0) is 42.5 Å². The summed E-state index contributed by atoms with van der Waals surface area (Å²) in [7, 11) is 0. The highest BCUT2D eigenvalue weighted by molar-refractivity contribution is 6.30. The van der Waals surface area contributed by atoms with Crippen LogP contribution in [0.25, 0.3) is 16.9 Å². The largest absolute Gasteiger partial charge is 0.399 e. The van der Waals surface area contributed by atoms with Crippen molar-refractivity contribution in [2.75, 3.05) is 5.73 Å². The third kappa shape index (κ3) is 2.80. The molecule has 0 aliphatic carbocycles. The molecule has 112 valence electrons. The van der Waals surface area contributed by atoms with Crippen LogP contribution in [0.4, 0.5) is 14.5 Å². The Morgan fingerprint density at radius 1 is 1.00 bits per heavy atom. The Balaban J connectivity index is 2.15. The van der Waals surface area contributed by atoms with Crippen LogP contribution >= 0.6 is 11.6 Å². The van der Waals surface area contributed by atoms with Gasteiger partial charge in [-0.2, -0.15) is 5.10 Å². The van der Waals surface area contributed by atoms with E-state index in [-0.39, 0.29) is 5.69 Å². The summed E-state index contributed by atoms with van der Waals surface area (Å²) in [4.78, 5) is 0. The molecule has 0 saturated carbocycles. The van der Waals surface area contributed by atoms with E-state index in [0.29, 0.717) is 22.1 Å². The third-order valence-electron chi connectivity index (χ3n) is 3.23. The van der Waals surface area contributed by atoms with E-state index in [1.165, 1.54) is 10.7 Å². The number of nitrogen functional groups attached to an aromatic ring is 1. The van der Waals surface area contributed by atoms with Crippen molar-refractivity contribution >= 4 is 17.3 Å². The van der Waals surface area contributed by atoms with E-state index >= 15 is 0 Å². The maximum Gasteiger partial charge on any atom is 0.282 e. The third-order valence-corrected chi connectivity index (χ3v) is 3.48. The molecule has 0 spiro atoms. The van der Waals surface area contributed by atoms with Crippen molar-refractivity contribution in [3.63, 3.8) is 0 Å². The summed E-state index contributed by atoms with van der Waals surface area (Å²) in [6.07, 6.45) is -2.64. The van der Waals surface area contributed by atoms with E-state index in [1.54, 1.807) is 48.5 Å². The molecule has 0 aliphatic rings. The van der Waals surface area contributed by atoms with Gasteiger partial charge in [0.15, 0.2) is 0 Å². The molecule has 3 aromatic rings. The molecule has 1 aromatic heterocycles. The SMILES string of the molecule is Nc1ccc(-n2nc(C(F)F)cc2-c2ccc(Cl)cc2)cc1. The van der Waals surface area contributed by atoms with Gasteiger partial charge < -0.3 is 5.73 Å². The second kappa shape index (κ2) is 5.77. The van der Waals surface area contributed by atoms with Gasteiger partial charge in [-0.1, -0.05) is 23.7 Å². The predicted octanol–water partition coefficient (Wildman–Crippen LogP) is 4.71. The van der Waals surface area contributed by atoms with E-state index < -0.39 is 6.43 Å². The number of hydrogen-bond acceptors (Lipinski definition) is 2. The lowest BCUT2D eigenvalue weighted by Crippen LogP contribution is -2.00. The first-order valence-electron chi connectivity index (χ1n) is 6.54. The minimum absolute atomic E-state index is 0.276. The first-order chi connectivity index (χ1) is 10.5. The second-order valence-corrected chi connectivity index (χ2v) is 5.20. The van der Waals surface area contributed by atoms with E-state index in [9.17, 15) is 8.78 Å². The van der Waals surface area contributed by atoms with Crippen molar-refractivity contribution in [1.29, 1.82) is 0 Å². The smallest absolute Gasteiger partial charge is 0.282 e. The normalized spacial score (nSPS) is 11.1. The first kappa shape index (κ1) is 14.5. The topological polar surface area (TPSA) is 43.8 Å². The van der Waals surface area contributed by atoms with Gasteiger partial charge >= 0.3 is 0 Å². The second-order valence-electron chi connectivity index (χ2n) is 4.77. The van der Waals surface area contributed by atoms with Crippen LogP contribution in [-0.4, -0.2) is 9.78 Å². The molecule has 0 fully saturated rings. The minimum Gasteiger partial charge on any atom is -0.399 e. The number of rotatable bonds is 3. The number of alkyl halides is 2. The number of benzene rings is 2. The van der Waals surface area contributed by atoms with E-state index in [4.69, 9.17) is 17.3 Å². The molecular weight excluding hydrogens is 308 g/mol. The molecule has 0 radical (unpaired) electrons. The highest BCUT2D eigenvalue weighted by atomic mass is 35.5. The highest BCUT2D eigenvalue weighted by Gasteiger charge is 2.17. The van der Waals surface area contributed by atoms with Crippen LogP contribution in [0.3, 0.4) is 0 Å². The molecule has 0 unspecified atom stereocenters. The molecule has 3 nitrogen and oxygen atoms in total. The molecule has 3 rings (SSSR count). The molecule has 2 aromatic carbocycles. The van der Waals surface area contributed by atoms with E-state index in [1.807, 2.05) is 0 Å². The average molecular weight is 320 g/mol. The van der Waals surface area contributed by atoms with Crippen LogP contribution in [0.2, 0.25) is 5.02 Å². The standard InChI is InChI=1S/C16H12ClF2N3/c17-11-3-1-10(2-4-11)15-9-14(16(18)19)21-22(15)13-7-5-12(20)6-8-13/h1-9,16H,20H2. The predicted molar refractivity (Wildman–Crippen MR) is 83.4 cm³/mol. The average Bonchev–Trinajstić information content (AvgIpc) is 2.94. The van der Waals surface area contributed by atoms with Crippen LogP contribution in [-0.2, 0) is 0 Å². The van der Waals surface area contributed by atoms with Gasteiger partial charge in [-0.25, -0.2) is 13.5 Å². The molecule has 0 aliphatic heterocycles. The first-order valence-corrected chi connectivity index (χ1v) is 6.92. The van der Waals surface area contributed by atoms with Gasteiger partial charge in [0.2, 0.25) is 0 Å². The zero-order valence-electron chi connectivity index (χ0n) is 11.4. The number of nitrogens with zero attached hydrogens (tertiary/aromatic N) is 2. The number of aromatic nitrogens is 2. The Morgan fingerprint density at radius 3 is 2.23 bits per heavy atom. The number of anilines is 1. The van der Waals surface area contributed by atoms with Gasteiger partial charge in [-0.15, -0.1) is 0 Å². The van der Waals surface area contributed by atoms with Gasteiger partial charge in [0, 0.05) is 16.3 Å².